The highest BCUT2D eigenvalue weighted by atomic mass is 19.4. The van der Waals surface area contributed by atoms with E-state index in [2.05, 4.69) is 21.6 Å². The summed E-state index contributed by atoms with van der Waals surface area (Å²) in [4.78, 5) is 19.7. The number of alkyl halides is 3. The van der Waals surface area contributed by atoms with Crippen LogP contribution in [-0.4, -0.2) is 52.0 Å². The molecule has 0 saturated carbocycles. The summed E-state index contributed by atoms with van der Waals surface area (Å²) >= 11 is 0. The number of carbonyl (C=O) groups is 1. The van der Waals surface area contributed by atoms with E-state index < -0.39 is 11.7 Å². The van der Waals surface area contributed by atoms with Crippen molar-refractivity contribution in [1.82, 2.24) is 19.9 Å². The molecule has 0 spiro atoms. The summed E-state index contributed by atoms with van der Waals surface area (Å²) < 4.78 is 43.9. The van der Waals surface area contributed by atoms with Crippen molar-refractivity contribution in [3.05, 3.63) is 48.4 Å². The van der Waals surface area contributed by atoms with E-state index >= 15 is 0 Å². The standard InChI is InChI=1S/C18H19F3N4O2/c1-3-15(26)25-9-7-24(8-10-25)12(2)17-22-16(23-27-17)13-5-4-6-14(11-13)18(19,20)21/h3-6,11-12H,1,7-10H2,2H3/t12-/m1/s1. The zero-order valence-corrected chi connectivity index (χ0v) is 14.7. The van der Waals surface area contributed by atoms with Crippen LogP contribution in [0.3, 0.4) is 0 Å². The van der Waals surface area contributed by atoms with Crippen molar-refractivity contribution in [3.8, 4) is 11.4 Å². The molecule has 1 aromatic carbocycles. The number of rotatable bonds is 4. The summed E-state index contributed by atoms with van der Waals surface area (Å²) in [6, 6.07) is 4.61. The van der Waals surface area contributed by atoms with Gasteiger partial charge in [-0.05, 0) is 25.1 Å². The average Bonchev–Trinajstić information content (AvgIpc) is 3.16. The molecule has 6 nitrogen and oxygen atoms in total. The maximum absolute atomic E-state index is 12.9. The molecule has 1 aliphatic heterocycles. The normalized spacial score (nSPS) is 17.0. The van der Waals surface area contributed by atoms with Crippen LogP contribution in [0.2, 0.25) is 0 Å². The highest BCUT2D eigenvalue weighted by molar-refractivity contribution is 5.87. The van der Waals surface area contributed by atoms with E-state index in [-0.39, 0.29) is 23.3 Å². The number of carbonyl (C=O) groups excluding carboxylic acids is 1. The molecule has 1 aliphatic rings. The largest absolute Gasteiger partial charge is 0.416 e. The van der Waals surface area contributed by atoms with Gasteiger partial charge >= 0.3 is 6.18 Å². The molecular weight excluding hydrogens is 361 g/mol. The van der Waals surface area contributed by atoms with Gasteiger partial charge in [-0.25, -0.2) is 0 Å². The minimum absolute atomic E-state index is 0.105. The van der Waals surface area contributed by atoms with E-state index in [0.29, 0.717) is 32.1 Å². The molecule has 1 aromatic heterocycles. The highest BCUT2D eigenvalue weighted by Crippen LogP contribution is 2.32. The van der Waals surface area contributed by atoms with Gasteiger partial charge in [0.25, 0.3) is 0 Å². The Labute approximate surface area is 154 Å². The van der Waals surface area contributed by atoms with Crippen molar-refractivity contribution in [2.24, 2.45) is 0 Å². The van der Waals surface area contributed by atoms with Gasteiger partial charge in [0.1, 0.15) is 0 Å². The second-order valence-corrected chi connectivity index (χ2v) is 6.28. The van der Waals surface area contributed by atoms with Gasteiger partial charge in [0.15, 0.2) is 0 Å². The fourth-order valence-electron chi connectivity index (χ4n) is 2.97. The van der Waals surface area contributed by atoms with Crippen LogP contribution in [-0.2, 0) is 11.0 Å². The Morgan fingerprint density at radius 2 is 2.00 bits per heavy atom. The molecule has 144 valence electrons. The number of nitrogens with zero attached hydrogens (tertiary/aromatic N) is 4. The molecular formula is C18H19F3N4O2. The second-order valence-electron chi connectivity index (χ2n) is 6.28. The van der Waals surface area contributed by atoms with Crippen molar-refractivity contribution in [2.75, 3.05) is 26.2 Å². The molecule has 1 atom stereocenters. The Hall–Kier alpha value is -2.68. The third-order valence-corrected chi connectivity index (χ3v) is 4.60. The van der Waals surface area contributed by atoms with Crippen LogP contribution in [0.1, 0.15) is 24.4 Å². The quantitative estimate of drug-likeness (QED) is 0.763. The molecule has 1 saturated heterocycles. The number of piperazine rings is 1. The topological polar surface area (TPSA) is 62.5 Å². The predicted molar refractivity (Wildman–Crippen MR) is 91.5 cm³/mol. The molecule has 1 amide bonds. The van der Waals surface area contributed by atoms with E-state index in [4.69, 9.17) is 4.52 Å². The van der Waals surface area contributed by atoms with Crippen LogP contribution in [0.4, 0.5) is 13.2 Å². The average molecular weight is 380 g/mol. The summed E-state index contributed by atoms with van der Waals surface area (Å²) in [6.07, 6.45) is -3.14. The van der Waals surface area contributed by atoms with Crippen molar-refractivity contribution in [2.45, 2.75) is 19.1 Å². The van der Waals surface area contributed by atoms with E-state index in [1.807, 2.05) is 6.92 Å². The van der Waals surface area contributed by atoms with Crippen molar-refractivity contribution in [3.63, 3.8) is 0 Å². The third-order valence-electron chi connectivity index (χ3n) is 4.60. The molecule has 0 radical (unpaired) electrons. The molecule has 0 unspecified atom stereocenters. The van der Waals surface area contributed by atoms with Gasteiger partial charge in [-0.15, -0.1) is 0 Å². The van der Waals surface area contributed by atoms with Gasteiger partial charge in [0, 0.05) is 31.7 Å². The smallest absolute Gasteiger partial charge is 0.337 e. The lowest BCUT2D eigenvalue weighted by Crippen LogP contribution is -2.48. The number of aromatic nitrogens is 2. The lowest BCUT2D eigenvalue weighted by molar-refractivity contribution is -0.137. The van der Waals surface area contributed by atoms with E-state index in [1.165, 1.54) is 18.2 Å². The van der Waals surface area contributed by atoms with E-state index in [1.54, 1.807) is 4.90 Å². The number of hydrogen-bond acceptors (Lipinski definition) is 5. The molecule has 1 fully saturated rings. The predicted octanol–water partition coefficient (Wildman–Crippen LogP) is 3.15. The Morgan fingerprint density at radius 3 is 2.63 bits per heavy atom. The van der Waals surface area contributed by atoms with Gasteiger partial charge in [0.05, 0.1) is 11.6 Å². The minimum atomic E-state index is -4.43. The third kappa shape index (κ3) is 4.19. The summed E-state index contributed by atoms with van der Waals surface area (Å²) in [5.41, 5.74) is -0.518. The van der Waals surface area contributed by atoms with E-state index in [9.17, 15) is 18.0 Å². The first kappa shape index (κ1) is 19.1. The zero-order chi connectivity index (χ0) is 19.6. The van der Waals surface area contributed by atoms with Crippen molar-refractivity contribution in [1.29, 1.82) is 0 Å². The molecule has 27 heavy (non-hydrogen) atoms. The monoisotopic (exact) mass is 380 g/mol. The molecule has 9 heteroatoms. The molecule has 2 heterocycles. The van der Waals surface area contributed by atoms with Crippen LogP contribution >= 0.6 is 0 Å². The second kappa shape index (κ2) is 7.51. The Morgan fingerprint density at radius 1 is 1.30 bits per heavy atom. The molecule has 0 aliphatic carbocycles. The molecule has 0 bridgehead atoms. The lowest BCUT2D eigenvalue weighted by atomic mass is 10.1. The number of hydrogen-bond donors (Lipinski definition) is 0. The minimum Gasteiger partial charge on any atom is -0.337 e. The van der Waals surface area contributed by atoms with Gasteiger partial charge < -0.3 is 9.42 Å². The van der Waals surface area contributed by atoms with Crippen LogP contribution in [0.5, 0.6) is 0 Å². The summed E-state index contributed by atoms with van der Waals surface area (Å²) in [7, 11) is 0. The lowest BCUT2D eigenvalue weighted by Gasteiger charge is -2.36. The van der Waals surface area contributed by atoms with Gasteiger partial charge in [-0.2, -0.15) is 18.2 Å². The summed E-state index contributed by atoms with van der Waals surface area (Å²) in [5, 5.41) is 3.82. The number of amides is 1. The Bertz CT molecular complexity index is 826. The maximum Gasteiger partial charge on any atom is 0.416 e. The van der Waals surface area contributed by atoms with Crippen LogP contribution in [0.15, 0.2) is 41.4 Å². The fraction of sp³-hybridized carbons (Fsp3) is 0.389. The zero-order valence-electron chi connectivity index (χ0n) is 14.7. The van der Waals surface area contributed by atoms with Crippen LogP contribution < -0.4 is 0 Å². The van der Waals surface area contributed by atoms with Gasteiger partial charge in [-0.1, -0.05) is 23.9 Å². The molecule has 0 N–H and O–H groups in total. The van der Waals surface area contributed by atoms with Crippen LogP contribution in [0.25, 0.3) is 11.4 Å². The van der Waals surface area contributed by atoms with Gasteiger partial charge in [0.2, 0.25) is 17.6 Å². The van der Waals surface area contributed by atoms with Crippen molar-refractivity contribution >= 4 is 5.91 Å². The van der Waals surface area contributed by atoms with Crippen LogP contribution in [0, 0.1) is 0 Å². The first-order valence-corrected chi connectivity index (χ1v) is 8.46. The first-order chi connectivity index (χ1) is 12.8. The molecule has 2 aromatic rings. The Kier molecular flexibility index (Phi) is 5.31. The number of halogens is 3. The maximum atomic E-state index is 12.9. The first-order valence-electron chi connectivity index (χ1n) is 8.46. The van der Waals surface area contributed by atoms with Crippen molar-refractivity contribution < 1.29 is 22.5 Å². The summed E-state index contributed by atoms with van der Waals surface area (Å²) in [5.74, 6) is 0.334. The fourth-order valence-corrected chi connectivity index (χ4v) is 2.97. The number of benzene rings is 1. The van der Waals surface area contributed by atoms with E-state index in [0.717, 1.165) is 12.1 Å². The summed E-state index contributed by atoms with van der Waals surface area (Å²) in [6.45, 7) is 7.74. The Balaban J connectivity index is 1.71. The molecule has 3 rings (SSSR count). The van der Waals surface area contributed by atoms with Gasteiger partial charge in [-0.3, -0.25) is 9.69 Å². The highest BCUT2D eigenvalue weighted by Gasteiger charge is 2.31. The SMILES string of the molecule is C=CC(=O)N1CCN([C@H](C)c2nc(-c3cccc(C(F)(F)F)c3)no2)CC1.